The Kier molecular flexibility index (Phi) is 5.56. The number of methoxy groups -OCH3 is 2. The standard InChI is InChI=1S/C11H13BrN2O5/c1-18-9-5-7(11(15)13-4-3-12)8(14(16)17)6-10(9)19-2/h5-6H,3-4H2,1-2H3,(H,13,15). The molecule has 0 aliphatic heterocycles. The second-order valence-corrected chi connectivity index (χ2v) is 4.22. The molecule has 0 heterocycles. The largest absolute Gasteiger partial charge is 0.493 e. The minimum absolute atomic E-state index is 0.0661. The van der Waals surface area contributed by atoms with E-state index in [1.807, 2.05) is 0 Å². The molecule has 1 aromatic rings. The van der Waals surface area contributed by atoms with E-state index in [2.05, 4.69) is 21.2 Å². The fourth-order valence-corrected chi connectivity index (χ4v) is 1.66. The molecule has 1 amide bonds. The Morgan fingerprint density at radius 2 is 1.95 bits per heavy atom. The van der Waals surface area contributed by atoms with Gasteiger partial charge in [0.1, 0.15) is 5.56 Å². The van der Waals surface area contributed by atoms with E-state index in [1.165, 1.54) is 26.4 Å². The molecule has 0 bridgehead atoms. The van der Waals surface area contributed by atoms with Crippen molar-refractivity contribution in [1.82, 2.24) is 5.32 Å². The predicted molar refractivity (Wildman–Crippen MR) is 72.3 cm³/mol. The van der Waals surface area contributed by atoms with Gasteiger partial charge in [-0.15, -0.1) is 0 Å². The number of nitro groups is 1. The van der Waals surface area contributed by atoms with E-state index in [1.54, 1.807) is 0 Å². The minimum atomic E-state index is -0.634. The van der Waals surface area contributed by atoms with Crippen LogP contribution in [0.25, 0.3) is 0 Å². The summed E-state index contributed by atoms with van der Waals surface area (Å²) in [5, 5.41) is 14.1. The van der Waals surface area contributed by atoms with Gasteiger partial charge in [-0.1, -0.05) is 15.9 Å². The number of hydrogen-bond donors (Lipinski definition) is 1. The Hall–Kier alpha value is -1.83. The number of alkyl halides is 1. The summed E-state index contributed by atoms with van der Waals surface area (Å²) in [6.07, 6.45) is 0. The van der Waals surface area contributed by atoms with Crippen LogP contribution in [-0.4, -0.2) is 36.9 Å². The van der Waals surface area contributed by atoms with Gasteiger partial charge < -0.3 is 14.8 Å². The van der Waals surface area contributed by atoms with Crippen LogP contribution >= 0.6 is 15.9 Å². The first kappa shape index (κ1) is 15.2. The summed E-state index contributed by atoms with van der Waals surface area (Å²) in [6, 6.07) is 2.46. The fourth-order valence-electron chi connectivity index (χ4n) is 1.46. The number of amides is 1. The molecule has 1 rings (SSSR count). The highest BCUT2D eigenvalue weighted by atomic mass is 79.9. The van der Waals surface area contributed by atoms with E-state index in [0.29, 0.717) is 11.9 Å². The summed E-state index contributed by atoms with van der Waals surface area (Å²) >= 11 is 3.16. The van der Waals surface area contributed by atoms with Crippen LogP contribution in [-0.2, 0) is 0 Å². The van der Waals surface area contributed by atoms with Gasteiger partial charge in [0.25, 0.3) is 11.6 Å². The predicted octanol–water partition coefficient (Wildman–Crippen LogP) is 1.74. The third kappa shape index (κ3) is 3.57. The molecule has 19 heavy (non-hydrogen) atoms. The van der Waals surface area contributed by atoms with Crippen LogP contribution < -0.4 is 14.8 Å². The Morgan fingerprint density at radius 3 is 2.42 bits per heavy atom. The molecule has 1 N–H and O–H groups in total. The number of hydrogen-bond acceptors (Lipinski definition) is 5. The average molecular weight is 333 g/mol. The Labute approximate surface area is 118 Å². The van der Waals surface area contributed by atoms with Crippen LogP contribution in [0.5, 0.6) is 11.5 Å². The number of carbonyl (C=O) groups is 1. The van der Waals surface area contributed by atoms with Crippen molar-refractivity contribution < 1.29 is 19.2 Å². The maximum Gasteiger partial charge on any atom is 0.286 e. The second-order valence-electron chi connectivity index (χ2n) is 3.43. The van der Waals surface area contributed by atoms with Crippen molar-refractivity contribution in [3.05, 3.63) is 27.8 Å². The molecule has 0 saturated heterocycles. The van der Waals surface area contributed by atoms with Crippen LogP contribution in [0.2, 0.25) is 0 Å². The fraction of sp³-hybridized carbons (Fsp3) is 0.364. The molecule has 8 heteroatoms. The van der Waals surface area contributed by atoms with Crippen LogP contribution in [0.3, 0.4) is 0 Å². The normalized spacial score (nSPS) is 9.84. The molecular weight excluding hydrogens is 320 g/mol. The van der Waals surface area contributed by atoms with Crippen molar-refractivity contribution in [2.24, 2.45) is 0 Å². The molecule has 0 radical (unpaired) electrons. The van der Waals surface area contributed by atoms with Gasteiger partial charge in [0.15, 0.2) is 11.5 Å². The molecule has 0 saturated carbocycles. The average Bonchev–Trinajstić information content (AvgIpc) is 2.42. The van der Waals surface area contributed by atoms with Gasteiger partial charge in [-0.3, -0.25) is 14.9 Å². The molecule has 1 aromatic carbocycles. The van der Waals surface area contributed by atoms with Gasteiger partial charge in [0.2, 0.25) is 0 Å². The van der Waals surface area contributed by atoms with Crippen molar-refractivity contribution in [2.45, 2.75) is 0 Å². The zero-order valence-electron chi connectivity index (χ0n) is 10.4. The Balaban J connectivity index is 3.27. The topological polar surface area (TPSA) is 90.7 Å². The lowest BCUT2D eigenvalue weighted by atomic mass is 10.1. The summed E-state index contributed by atoms with van der Waals surface area (Å²) in [5.74, 6) is -0.0737. The number of ether oxygens (including phenoxy) is 2. The van der Waals surface area contributed by atoms with Crippen molar-refractivity contribution in [3.8, 4) is 11.5 Å². The number of benzene rings is 1. The van der Waals surface area contributed by atoms with Crippen molar-refractivity contribution >= 4 is 27.5 Å². The number of nitrogens with zero attached hydrogens (tertiary/aromatic N) is 1. The molecule has 0 unspecified atom stereocenters. The van der Waals surface area contributed by atoms with Gasteiger partial charge in [0.05, 0.1) is 25.2 Å². The Morgan fingerprint density at radius 1 is 1.37 bits per heavy atom. The van der Waals surface area contributed by atoms with Crippen LogP contribution in [0.15, 0.2) is 12.1 Å². The lowest BCUT2D eigenvalue weighted by molar-refractivity contribution is -0.385. The molecule has 7 nitrogen and oxygen atoms in total. The summed E-state index contributed by atoms with van der Waals surface area (Å²) < 4.78 is 10.0. The smallest absolute Gasteiger partial charge is 0.286 e. The van der Waals surface area contributed by atoms with E-state index < -0.39 is 10.8 Å². The van der Waals surface area contributed by atoms with Crippen LogP contribution in [0.4, 0.5) is 5.69 Å². The lowest BCUT2D eigenvalue weighted by Crippen LogP contribution is -2.26. The van der Waals surface area contributed by atoms with E-state index in [4.69, 9.17) is 9.47 Å². The molecule has 0 aliphatic carbocycles. The SMILES string of the molecule is COc1cc(C(=O)NCCBr)c([N+](=O)[O-])cc1OC. The van der Waals surface area contributed by atoms with Gasteiger partial charge in [-0.05, 0) is 0 Å². The zero-order chi connectivity index (χ0) is 14.4. The van der Waals surface area contributed by atoms with E-state index in [9.17, 15) is 14.9 Å². The zero-order valence-corrected chi connectivity index (χ0v) is 12.0. The van der Waals surface area contributed by atoms with Crippen molar-refractivity contribution in [2.75, 3.05) is 26.1 Å². The number of nitro benzene ring substituents is 1. The third-order valence-electron chi connectivity index (χ3n) is 2.32. The Bertz CT molecular complexity index is 492. The van der Waals surface area contributed by atoms with Crippen LogP contribution in [0.1, 0.15) is 10.4 Å². The monoisotopic (exact) mass is 332 g/mol. The molecule has 0 aliphatic rings. The van der Waals surface area contributed by atoms with Gasteiger partial charge in [-0.25, -0.2) is 0 Å². The molecule has 104 valence electrons. The number of halogens is 1. The summed E-state index contributed by atoms with van der Waals surface area (Å²) in [5.41, 5.74) is -0.395. The third-order valence-corrected chi connectivity index (χ3v) is 2.72. The number of rotatable bonds is 6. The molecule has 0 fully saturated rings. The summed E-state index contributed by atoms with van der Waals surface area (Å²) in [7, 11) is 2.76. The lowest BCUT2D eigenvalue weighted by Gasteiger charge is -2.10. The van der Waals surface area contributed by atoms with Gasteiger partial charge in [0, 0.05) is 17.9 Å². The quantitative estimate of drug-likeness (QED) is 0.486. The van der Waals surface area contributed by atoms with Gasteiger partial charge in [-0.2, -0.15) is 0 Å². The molecule has 0 aromatic heterocycles. The van der Waals surface area contributed by atoms with Crippen molar-refractivity contribution in [1.29, 1.82) is 0 Å². The maximum atomic E-state index is 11.9. The second kappa shape index (κ2) is 6.93. The van der Waals surface area contributed by atoms with E-state index >= 15 is 0 Å². The number of nitrogens with one attached hydrogen (secondary N) is 1. The van der Waals surface area contributed by atoms with Crippen LogP contribution in [0, 0.1) is 10.1 Å². The number of carbonyl (C=O) groups excluding carboxylic acids is 1. The maximum absolute atomic E-state index is 11.9. The van der Waals surface area contributed by atoms with Gasteiger partial charge >= 0.3 is 0 Å². The highest BCUT2D eigenvalue weighted by Gasteiger charge is 2.24. The summed E-state index contributed by atoms with van der Waals surface area (Å²) in [4.78, 5) is 22.2. The molecular formula is C11H13BrN2O5. The highest BCUT2D eigenvalue weighted by Crippen LogP contribution is 2.34. The first-order chi connectivity index (χ1) is 9.04. The minimum Gasteiger partial charge on any atom is -0.493 e. The van der Waals surface area contributed by atoms with E-state index in [0.717, 1.165) is 0 Å². The summed E-state index contributed by atoms with van der Waals surface area (Å²) in [6.45, 7) is 0.365. The van der Waals surface area contributed by atoms with E-state index in [-0.39, 0.29) is 22.7 Å². The first-order valence-corrected chi connectivity index (χ1v) is 6.41. The molecule has 0 spiro atoms. The highest BCUT2D eigenvalue weighted by molar-refractivity contribution is 9.09. The molecule has 0 atom stereocenters. The first-order valence-electron chi connectivity index (χ1n) is 5.29. The van der Waals surface area contributed by atoms with Crippen molar-refractivity contribution in [3.63, 3.8) is 0 Å².